The number of carbonyl (C=O) groups is 2. The summed E-state index contributed by atoms with van der Waals surface area (Å²) in [6.07, 6.45) is 1.71. The largest absolute Gasteiger partial charge is 0.382 e. The first-order valence-corrected chi connectivity index (χ1v) is 6.53. The van der Waals surface area contributed by atoms with Gasteiger partial charge in [-0.15, -0.1) is 0 Å². The SMILES string of the molecule is COCC(C)(C)N1C(=O)C2CCCN2C(=O)C1C. The highest BCUT2D eigenvalue weighted by atomic mass is 16.5. The van der Waals surface area contributed by atoms with Crippen LogP contribution in [-0.4, -0.2) is 59.5 Å². The maximum Gasteiger partial charge on any atom is 0.246 e. The molecule has 2 atom stereocenters. The van der Waals surface area contributed by atoms with Crippen LogP contribution in [-0.2, 0) is 14.3 Å². The molecule has 2 amide bonds. The molecule has 102 valence electrons. The molecule has 2 saturated heterocycles. The minimum atomic E-state index is -0.449. The van der Waals surface area contributed by atoms with Crippen LogP contribution in [0.1, 0.15) is 33.6 Å². The Hall–Kier alpha value is -1.10. The van der Waals surface area contributed by atoms with Crippen molar-refractivity contribution in [2.75, 3.05) is 20.3 Å². The molecule has 2 fully saturated rings. The molecule has 18 heavy (non-hydrogen) atoms. The summed E-state index contributed by atoms with van der Waals surface area (Å²) in [5.41, 5.74) is -0.449. The van der Waals surface area contributed by atoms with E-state index < -0.39 is 11.6 Å². The average Bonchev–Trinajstić information content (AvgIpc) is 2.75. The van der Waals surface area contributed by atoms with Crippen LogP contribution in [0, 0.1) is 0 Å². The summed E-state index contributed by atoms with van der Waals surface area (Å²) in [6, 6.07) is -0.637. The fourth-order valence-corrected chi connectivity index (χ4v) is 3.23. The number of amides is 2. The molecule has 2 rings (SSSR count). The van der Waals surface area contributed by atoms with Gasteiger partial charge in [0.2, 0.25) is 11.8 Å². The van der Waals surface area contributed by atoms with Gasteiger partial charge in [0.25, 0.3) is 0 Å². The van der Waals surface area contributed by atoms with Gasteiger partial charge in [0.05, 0.1) is 12.1 Å². The smallest absolute Gasteiger partial charge is 0.246 e. The summed E-state index contributed by atoms with van der Waals surface area (Å²) < 4.78 is 5.18. The lowest BCUT2D eigenvalue weighted by Crippen LogP contribution is -2.67. The fourth-order valence-electron chi connectivity index (χ4n) is 3.23. The number of piperazine rings is 1. The number of ether oxygens (including phenoxy) is 1. The van der Waals surface area contributed by atoms with Crippen LogP contribution in [0.25, 0.3) is 0 Å². The number of rotatable bonds is 3. The topological polar surface area (TPSA) is 49.9 Å². The quantitative estimate of drug-likeness (QED) is 0.742. The van der Waals surface area contributed by atoms with Crippen LogP contribution in [0.4, 0.5) is 0 Å². The van der Waals surface area contributed by atoms with E-state index in [0.29, 0.717) is 6.61 Å². The first kappa shape index (κ1) is 13.3. The molecule has 0 aromatic heterocycles. The highest BCUT2D eigenvalue weighted by Gasteiger charge is 2.50. The zero-order valence-electron chi connectivity index (χ0n) is 11.6. The average molecular weight is 254 g/mol. The van der Waals surface area contributed by atoms with Gasteiger partial charge in [0, 0.05) is 13.7 Å². The summed E-state index contributed by atoms with van der Waals surface area (Å²) in [6.45, 7) is 6.86. The molecule has 0 aliphatic carbocycles. The third-order valence-electron chi connectivity index (χ3n) is 3.95. The van der Waals surface area contributed by atoms with Gasteiger partial charge in [-0.2, -0.15) is 0 Å². The zero-order valence-corrected chi connectivity index (χ0v) is 11.6. The monoisotopic (exact) mass is 254 g/mol. The van der Waals surface area contributed by atoms with Crippen molar-refractivity contribution in [1.82, 2.24) is 9.80 Å². The van der Waals surface area contributed by atoms with Gasteiger partial charge in [0.1, 0.15) is 12.1 Å². The van der Waals surface area contributed by atoms with Crippen molar-refractivity contribution in [3.8, 4) is 0 Å². The molecule has 0 saturated carbocycles. The summed E-state index contributed by atoms with van der Waals surface area (Å²) in [5.74, 6) is 0.142. The number of methoxy groups -OCH3 is 1. The lowest BCUT2D eigenvalue weighted by atomic mass is 9.96. The minimum absolute atomic E-state index is 0.0706. The molecular formula is C13H22N2O3. The van der Waals surface area contributed by atoms with E-state index in [1.807, 2.05) is 20.8 Å². The van der Waals surface area contributed by atoms with Crippen molar-refractivity contribution in [2.24, 2.45) is 0 Å². The van der Waals surface area contributed by atoms with E-state index in [4.69, 9.17) is 4.74 Å². The van der Waals surface area contributed by atoms with Crippen LogP contribution in [0.5, 0.6) is 0 Å². The van der Waals surface area contributed by atoms with Crippen molar-refractivity contribution in [3.05, 3.63) is 0 Å². The summed E-state index contributed by atoms with van der Waals surface area (Å²) >= 11 is 0. The molecule has 0 N–H and O–H groups in total. The minimum Gasteiger partial charge on any atom is -0.382 e. The first-order valence-electron chi connectivity index (χ1n) is 6.53. The third kappa shape index (κ3) is 1.90. The molecule has 5 heteroatoms. The zero-order chi connectivity index (χ0) is 13.5. The van der Waals surface area contributed by atoms with Crippen molar-refractivity contribution in [1.29, 1.82) is 0 Å². The van der Waals surface area contributed by atoms with Gasteiger partial charge in [0.15, 0.2) is 0 Å². The number of hydrogen-bond donors (Lipinski definition) is 0. The van der Waals surface area contributed by atoms with E-state index in [0.717, 1.165) is 19.4 Å². The Labute approximate surface area is 108 Å². The molecule has 2 unspecified atom stereocenters. The maximum absolute atomic E-state index is 12.6. The Morgan fingerprint density at radius 2 is 2.00 bits per heavy atom. The summed E-state index contributed by atoms with van der Waals surface area (Å²) in [7, 11) is 1.62. The van der Waals surface area contributed by atoms with Gasteiger partial charge >= 0.3 is 0 Å². The maximum atomic E-state index is 12.6. The number of nitrogens with zero attached hydrogens (tertiary/aromatic N) is 2. The van der Waals surface area contributed by atoms with E-state index in [1.165, 1.54) is 0 Å². The molecule has 0 aromatic carbocycles. The van der Waals surface area contributed by atoms with E-state index in [2.05, 4.69) is 0 Å². The normalized spacial score (nSPS) is 28.9. The Bertz CT molecular complexity index is 367. The molecule has 5 nitrogen and oxygen atoms in total. The Morgan fingerprint density at radius 3 is 2.61 bits per heavy atom. The van der Waals surface area contributed by atoms with Gasteiger partial charge in [-0.1, -0.05) is 0 Å². The van der Waals surface area contributed by atoms with Crippen molar-refractivity contribution in [3.63, 3.8) is 0 Å². The lowest BCUT2D eigenvalue weighted by molar-refractivity contribution is -0.166. The molecule has 0 radical (unpaired) electrons. The second kappa shape index (κ2) is 4.53. The second-order valence-corrected chi connectivity index (χ2v) is 5.82. The third-order valence-corrected chi connectivity index (χ3v) is 3.95. The molecule has 0 aromatic rings. The van der Waals surface area contributed by atoms with Crippen LogP contribution in [0.15, 0.2) is 0 Å². The lowest BCUT2D eigenvalue weighted by Gasteiger charge is -2.48. The molecule has 0 spiro atoms. The van der Waals surface area contributed by atoms with Crippen LogP contribution < -0.4 is 0 Å². The Morgan fingerprint density at radius 1 is 1.33 bits per heavy atom. The number of carbonyl (C=O) groups excluding carboxylic acids is 2. The molecule has 2 heterocycles. The van der Waals surface area contributed by atoms with Crippen molar-refractivity contribution < 1.29 is 14.3 Å². The molecular weight excluding hydrogens is 232 g/mol. The van der Waals surface area contributed by atoms with E-state index >= 15 is 0 Å². The fraction of sp³-hybridized carbons (Fsp3) is 0.846. The number of fused-ring (bicyclic) bond motifs is 1. The molecule has 2 aliphatic heterocycles. The van der Waals surface area contributed by atoms with Crippen molar-refractivity contribution in [2.45, 2.75) is 51.2 Å². The van der Waals surface area contributed by atoms with Gasteiger partial charge in [-0.05, 0) is 33.6 Å². The summed E-state index contributed by atoms with van der Waals surface area (Å²) in [4.78, 5) is 28.3. The highest BCUT2D eigenvalue weighted by molar-refractivity contribution is 5.97. The van der Waals surface area contributed by atoms with Crippen LogP contribution >= 0.6 is 0 Å². The van der Waals surface area contributed by atoms with Gasteiger partial charge in [-0.25, -0.2) is 0 Å². The standard InChI is InChI=1S/C13H22N2O3/c1-9-11(16)14-7-5-6-10(14)12(17)15(9)13(2,3)8-18-4/h9-10H,5-8H2,1-4H3. The first-order chi connectivity index (χ1) is 8.40. The van der Waals surface area contributed by atoms with Crippen molar-refractivity contribution >= 4 is 11.8 Å². The highest BCUT2D eigenvalue weighted by Crippen LogP contribution is 2.31. The molecule has 0 bridgehead atoms. The summed E-state index contributed by atoms with van der Waals surface area (Å²) in [5, 5.41) is 0. The predicted octanol–water partition coefficient (Wildman–Crippen LogP) is 0.633. The van der Waals surface area contributed by atoms with Crippen LogP contribution in [0.3, 0.4) is 0 Å². The van der Waals surface area contributed by atoms with Gasteiger partial charge < -0.3 is 14.5 Å². The van der Waals surface area contributed by atoms with E-state index in [-0.39, 0.29) is 17.9 Å². The Balaban J connectivity index is 2.30. The van der Waals surface area contributed by atoms with Crippen LogP contribution in [0.2, 0.25) is 0 Å². The van der Waals surface area contributed by atoms with E-state index in [9.17, 15) is 9.59 Å². The molecule has 2 aliphatic rings. The predicted molar refractivity (Wildman–Crippen MR) is 67.0 cm³/mol. The van der Waals surface area contributed by atoms with E-state index in [1.54, 1.807) is 16.9 Å². The number of hydrogen-bond acceptors (Lipinski definition) is 3. The van der Waals surface area contributed by atoms with Gasteiger partial charge in [-0.3, -0.25) is 9.59 Å². The Kier molecular flexibility index (Phi) is 3.36. The second-order valence-electron chi connectivity index (χ2n) is 5.82.